The Morgan fingerprint density at radius 3 is 2.75 bits per heavy atom. The van der Waals surface area contributed by atoms with Crippen molar-refractivity contribution < 1.29 is 4.52 Å². The molecule has 3 aromatic rings. The predicted molar refractivity (Wildman–Crippen MR) is 93.5 cm³/mol. The molecule has 1 unspecified atom stereocenters. The van der Waals surface area contributed by atoms with Crippen molar-refractivity contribution in [2.45, 2.75) is 38.1 Å². The van der Waals surface area contributed by atoms with Gasteiger partial charge in [-0.1, -0.05) is 53.7 Å². The van der Waals surface area contributed by atoms with Gasteiger partial charge in [0.25, 0.3) is 0 Å². The average molecular weight is 319 g/mol. The van der Waals surface area contributed by atoms with E-state index in [1.54, 1.807) is 0 Å². The Bertz CT molecular complexity index is 823. The van der Waals surface area contributed by atoms with Gasteiger partial charge in [0.2, 0.25) is 11.7 Å². The lowest BCUT2D eigenvalue weighted by atomic mass is 9.81. The first-order valence-electron chi connectivity index (χ1n) is 8.53. The van der Waals surface area contributed by atoms with Gasteiger partial charge in [-0.2, -0.15) is 4.98 Å². The van der Waals surface area contributed by atoms with Crippen molar-refractivity contribution in [1.82, 2.24) is 10.1 Å². The lowest BCUT2D eigenvalue weighted by Crippen LogP contribution is -2.12. The first-order chi connectivity index (χ1) is 11.8. The zero-order valence-corrected chi connectivity index (χ0v) is 13.6. The number of fused-ring (bicyclic) bond motifs is 1. The SMILES string of the molecule is NCc1ccc(-c2noc(CC3CCCc4ccccc43)n2)cc1. The highest BCUT2D eigenvalue weighted by atomic mass is 16.5. The van der Waals surface area contributed by atoms with E-state index >= 15 is 0 Å². The third kappa shape index (κ3) is 2.97. The molecule has 1 aromatic heterocycles. The van der Waals surface area contributed by atoms with Crippen LogP contribution < -0.4 is 5.73 Å². The lowest BCUT2D eigenvalue weighted by molar-refractivity contribution is 0.362. The summed E-state index contributed by atoms with van der Waals surface area (Å²) in [5.41, 5.74) is 10.6. The van der Waals surface area contributed by atoms with Gasteiger partial charge < -0.3 is 10.3 Å². The van der Waals surface area contributed by atoms with E-state index in [9.17, 15) is 0 Å². The molecule has 2 N–H and O–H groups in total. The first kappa shape index (κ1) is 15.1. The topological polar surface area (TPSA) is 64.9 Å². The largest absolute Gasteiger partial charge is 0.339 e. The smallest absolute Gasteiger partial charge is 0.227 e. The number of benzene rings is 2. The van der Waals surface area contributed by atoms with E-state index < -0.39 is 0 Å². The molecule has 1 aliphatic carbocycles. The highest BCUT2D eigenvalue weighted by Gasteiger charge is 2.22. The van der Waals surface area contributed by atoms with E-state index in [0.29, 0.717) is 18.3 Å². The van der Waals surface area contributed by atoms with Crippen LogP contribution >= 0.6 is 0 Å². The van der Waals surface area contributed by atoms with E-state index in [1.807, 2.05) is 24.3 Å². The molecule has 122 valence electrons. The van der Waals surface area contributed by atoms with Crippen LogP contribution in [0.5, 0.6) is 0 Å². The standard InChI is InChI=1S/C20H21N3O/c21-13-14-8-10-16(11-9-14)20-22-19(24-23-20)12-17-6-3-5-15-4-1-2-7-18(15)17/h1-2,4,7-11,17H,3,5-6,12-13,21H2. The van der Waals surface area contributed by atoms with Gasteiger partial charge in [-0.25, -0.2) is 0 Å². The molecule has 1 aliphatic rings. The summed E-state index contributed by atoms with van der Waals surface area (Å²) in [6.07, 6.45) is 4.39. The molecular formula is C20H21N3O. The van der Waals surface area contributed by atoms with Crippen LogP contribution in [-0.4, -0.2) is 10.1 Å². The zero-order valence-electron chi connectivity index (χ0n) is 13.6. The molecule has 1 heterocycles. The van der Waals surface area contributed by atoms with Crippen LogP contribution in [-0.2, 0) is 19.4 Å². The highest BCUT2D eigenvalue weighted by molar-refractivity contribution is 5.54. The van der Waals surface area contributed by atoms with E-state index in [2.05, 4.69) is 34.4 Å². The predicted octanol–water partition coefficient (Wildman–Crippen LogP) is 3.86. The molecule has 0 spiro atoms. The Kier molecular flexibility index (Phi) is 4.13. The summed E-state index contributed by atoms with van der Waals surface area (Å²) in [5.74, 6) is 1.84. The average Bonchev–Trinajstić information content (AvgIpc) is 3.11. The van der Waals surface area contributed by atoms with Gasteiger partial charge in [0.15, 0.2) is 0 Å². The number of hydrogen-bond acceptors (Lipinski definition) is 4. The molecule has 1 atom stereocenters. The van der Waals surface area contributed by atoms with Gasteiger partial charge in [-0.15, -0.1) is 0 Å². The zero-order chi connectivity index (χ0) is 16.4. The molecular weight excluding hydrogens is 298 g/mol. The van der Waals surface area contributed by atoms with Crippen molar-refractivity contribution >= 4 is 0 Å². The van der Waals surface area contributed by atoms with Gasteiger partial charge in [0, 0.05) is 18.5 Å². The van der Waals surface area contributed by atoms with E-state index in [0.717, 1.165) is 23.4 Å². The van der Waals surface area contributed by atoms with Gasteiger partial charge in [0.1, 0.15) is 0 Å². The van der Waals surface area contributed by atoms with Crippen LogP contribution in [0.15, 0.2) is 53.1 Å². The van der Waals surface area contributed by atoms with Crippen molar-refractivity contribution in [3.05, 3.63) is 71.1 Å². The second-order valence-corrected chi connectivity index (χ2v) is 6.40. The van der Waals surface area contributed by atoms with Crippen LogP contribution in [0.3, 0.4) is 0 Å². The molecule has 0 amide bonds. The molecule has 4 nitrogen and oxygen atoms in total. The Hall–Kier alpha value is -2.46. The van der Waals surface area contributed by atoms with Gasteiger partial charge >= 0.3 is 0 Å². The fourth-order valence-electron chi connectivity index (χ4n) is 3.52. The van der Waals surface area contributed by atoms with Crippen molar-refractivity contribution in [2.24, 2.45) is 5.73 Å². The Balaban J connectivity index is 1.53. The molecule has 4 heteroatoms. The fourth-order valence-corrected chi connectivity index (χ4v) is 3.52. The second-order valence-electron chi connectivity index (χ2n) is 6.40. The summed E-state index contributed by atoms with van der Waals surface area (Å²) >= 11 is 0. The summed E-state index contributed by atoms with van der Waals surface area (Å²) in [5, 5.41) is 4.15. The quantitative estimate of drug-likeness (QED) is 0.793. The van der Waals surface area contributed by atoms with E-state index in [4.69, 9.17) is 10.3 Å². The van der Waals surface area contributed by atoms with E-state index in [-0.39, 0.29) is 0 Å². The van der Waals surface area contributed by atoms with Crippen molar-refractivity contribution in [3.8, 4) is 11.4 Å². The Morgan fingerprint density at radius 2 is 1.92 bits per heavy atom. The maximum Gasteiger partial charge on any atom is 0.227 e. The second kappa shape index (κ2) is 6.57. The molecule has 0 aliphatic heterocycles. The maximum absolute atomic E-state index is 5.64. The van der Waals surface area contributed by atoms with Crippen molar-refractivity contribution in [2.75, 3.05) is 0 Å². The van der Waals surface area contributed by atoms with Gasteiger partial charge in [-0.05, 0) is 41.9 Å². The number of rotatable bonds is 4. The number of aryl methyl sites for hydroxylation is 1. The molecule has 0 saturated heterocycles. The van der Waals surface area contributed by atoms with Gasteiger partial charge in [0.05, 0.1) is 0 Å². The van der Waals surface area contributed by atoms with Crippen molar-refractivity contribution in [3.63, 3.8) is 0 Å². The molecule has 0 radical (unpaired) electrons. The Labute approximate surface area is 141 Å². The summed E-state index contributed by atoms with van der Waals surface area (Å²) in [6, 6.07) is 16.7. The summed E-state index contributed by atoms with van der Waals surface area (Å²) in [7, 11) is 0. The van der Waals surface area contributed by atoms with Crippen LogP contribution in [0.1, 0.15) is 41.3 Å². The normalized spacial score (nSPS) is 16.8. The minimum absolute atomic E-state index is 0.475. The minimum atomic E-state index is 0.475. The Morgan fingerprint density at radius 1 is 1.08 bits per heavy atom. The number of hydrogen-bond donors (Lipinski definition) is 1. The first-order valence-corrected chi connectivity index (χ1v) is 8.53. The summed E-state index contributed by atoms with van der Waals surface area (Å²) in [6.45, 7) is 0.541. The molecule has 24 heavy (non-hydrogen) atoms. The molecule has 0 bridgehead atoms. The number of aromatic nitrogens is 2. The summed E-state index contributed by atoms with van der Waals surface area (Å²) < 4.78 is 5.51. The van der Waals surface area contributed by atoms with Gasteiger partial charge in [-0.3, -0.25) is 0 Å². The third-order valence-electron chi connectivity index (χ3n) is 4.83. The highest BCUT2D eigenvalue weighted by Crippen LogP contribution is 2.33. The monoisotopic (exact) mass is 319 g/mol. The molecule has 0 saturated carbocycles. The maximum atomic E-state index is 5.64. The third-order valence-corrected chi connectivity index (χ3v) is 4.83. The molecule has 2 aromatic carbocycles. The lowest BCUT2D eigenvalue weighted by Gasteiger charge is -2.24. The number of nitrogens with zero attached hydrogens (tertiary/aromatic N) is 2. The van der Waals surface area contributed by atoms with Crippen LogP contribution in [0.4, 0.5) is 0 Å². The minimum Gasteiger partial charge on any atom is -0.339 e. The van der Waals surface area contributed by atoms with Crippen molar-refractivity contribution in [1.29, 1.82) is 0 Å². The molecule has 4 rings (SSSR count). The summed E-state index contributed by atoms with van der Waals surface area (Å²) in [4.78, 5) is 4.59. The van der Waals surface area contributed by atoms with E-state index in [1.165, 1.54) is 30.4 Å². The van der Waals surface area contributed by atoms with Crippen LogP contribution in [0, 0.1) is 0 Å². The fraction of sp³-hybridized carbons (Fsp3) is 0.300. The number of nitrogens with two attached hydrogens (primary N) is 1. The van der Waals surface area contributed by atoms with Crippen LogP contribution in [0.2, 0.25) is 0 Å². The molecule has 0 fully saturated rings. The van der Waals surface area contributed by atoms with Crippen LogP contribution in [0.25, 0.3) is 11.4 Å².